The lowest BCUT2D eigenvalue weighted by Gasteiger charge is -2.29. The molecule has 1 aromatic rings. The summed E-state index contributed by atoms with van der Waals surface area (Å²) >= 11 is 0. The van der Waals surface area contributed by atoms with Gasteiger partial charge in [-0.1, -0.05) is 31.5 Å². The third-order valence-corrected chi connectivity index (χ3v) is 3.98. The molecular weight excluding hydrogens is 268 g/mol. The molecule has 0 saturated carbocycles. The molecule has 1 aliphatic rings. The van der Waals surface area contributed by atoms with Crippen molar-refractivity contribution in [1.29, 1.82) is 0 Å². The Morgan fingerprint density at radius 1 is 1.29 bits per heavy atom. The molecule has 114 valence electrons. The molecule has 0 N–H and O–H groups in total. The molecule has 0 unspecified atom stereocenters. The van der Waals surface area contributed by atoms with Crippen LogP contribution in [0.4, 0.5) is 4.79 Å². The number of carbonyl (C=O) groups is 1. The molecule has 4 nitrogen and oxygen atoms in total. The maximum absolute atomic E-state index is 11.6. The lowest BCUT2D eigenvalue weighted by Crippen LogP contribution is -2.41. The van der Waals surface area contributed by atoms with E-state index in [0.29, 0.717) is 18.6 Å². The minimum Gasteiger partial charge on any atom is -0.458 e. The van der Waals surface area contributed by atoms with Gasteiger partial charge in [-0.05, 0) is 44.9 Å². The van der Waals surface area contributed by atoms with Crippen LogP contribution in [0.25, 0.3) is 0 Å². The lowest BCUT2D eigenvalue weighted by molar-refractivity contribution is 0.0221. The summed E-state index contributed by atoms with van der Waals surface area (Å²) in [5.41, 5.74) is 0.514. The van der Waals surface area contributed by atoms with E-state index in [9.17, 15) is 4.79 Å². The third kappa shape index (κ3) is 3.04. The lowest BCUT2D eigenvalue weighted by atomic mass is 9.89. The second-order valence-electron chi connectivity index (χ2n) is 5.23. The van der Waals surface area contributed by atoms with Crippen LogP contribution in [0.3, 0.4) is 0 Å². The van der Waals surface area contributed by atoms with Crippen LogP contribution in [0.15, 0.2) is 36.1 Å². The van der Waals surface area contributed by atoms with Crippen molar-refractivity contribution in [2.75, 3.05) is 0 Å². The highest BCUT2D eigenvalue weighted by molar-refractivity contribution is 5.64. The highest BCUT2D eigenvalue weighted by atomic mass is 16.8. The van der Waals surface area contributed by atoms with Crippen LogP contribution in [0.2, 0.25) is 0 Å². The first-order valence-electron chi connectivity index (χ1n) is 7.35. The molecule has 0 aromatic heterocycles. The van der Waals surface area contributed by atoms with Crippen LogP contribution in [-0.2, 0) is 9.47 Å². The Hall–Kier alpha value is -1.97. The molecule has 0 spiro atoms. The molecule has 1 aliphatic heterocycles. The Kier molecular flexibility index (Phi) is 4.56. The van der Waals surface area contributed by atoms with Crippen LogP contribution in [0.5, 0.6) is 5.75 Å². The van der Waals surface area contributed by atoms with Crippen molar-refractivity contribution in [3.63, 3.8) is 0 Å². The average molecular weight is 290 g/mol. The normalized spacial score (nSPS) is 20.9. The Bertz CT molecular complexity index is 526. The number of allylic oxidation sites excluding steroid dienone is 1. The minimum atomic E-state index is -0.649. The molecule has 0 amide bonds. The van der Waals surface area contributed by atoms with Gasteiger partial charge in [0.2, 0.25) is 6.10 Å². The fourth-order valence-corrected chi connectivity index (χ4v) is 2.54. The fourth-order valence-electron chi connectivity index (χ4n) is 2.54. The summed E-state index contributed by atoms with van der Waals surface area (Å²) in [4.78, 5) is 11.6. The summed E-state index contributed by atoms with van der Waals surface area (Å²) in [5, 5.41) is 0. The zero-order valence-electron chi connectivity index (χ0n) is 13.0. The van der Waals surface area contributed by atoms with Crippen LogP contribution in [0, 0.1) is 6.92 Å². The van der Waals surface area contributed by atoms with Crippen molar-refractivity contribution >= 4 is 6.16 Å². The van der Waals surface area contributed by atoms with Gasteiger partial charge >= 0.3 is 6.16 Å². The molecule has 21 heavy (non-hydrogen) atoms. The Labute approximate surface area is 125 Å². The SMILES string of the molecule is C/C=C(\Oc1ccc(C)cc1)[C@H]1OC(=O)OC1(CC)CC. The highest BCUT2D eigenvalue weighted by Gasteiger charge is 2.51. The molecule has 2 rings (SSSR count). The van der Waals surface area contributed by atoms with Gasteiger partial charge in [-0.2, -0.15) is 0 Å². The average Bonchev–Trinajstić information content (AvgIpc) is 2.84. The maximum Gasteiger partial charge on any atom is 0.509 e. The van der Waals surface area contributed by atoms with Crippen LogP contribution < -0.4 is 4.74 Å². The van der Waals surface area contributed by atoms with Crippen molar-refractivity contribution in [2.24, 2.45) is 0 Å². The largest absolute Gasteiger partial charge is 0.509 e. The predicted molar refractivity (Wildman–Crippen MR) is 80.2 cm³/mol. The quantitative estimate of drug-likeness (QED) is 0.596. The molecule has 0 radical (unpaired) electrons. The predicted octanol–water partition coefficient (Wildman–Crippen LogP) is 4.37. The van der Waals surface area contributed by atoms with Crippen molar-refractivity contribution < 1.29 is 19.0 Å². The summed E-state index contributed by atoms with van der Waals surface area (Å²) in [5.74, 6) is 1.33. The van der Waals surface area contributed by atoms with Crippen molar-refractivity contribution in [3.05, 3.63) is 41.7 Å². The van der Waals surface area contributed by atoms with E-state index >= 15 is 0 Å². The zero-order chi connectivity index (χ0) is 15.5. The number of benzene rings is 1. The summed E-state index contributed by atoms with van der Waals surface area (Å²) in [6, 6.07) is 7.76. The summed E-state index contributed by atoms with van der Waals surface area (Å²) < 4.78 is 16.7. The first-order valence-corrected chi connectivity index (χ1v) is 7.35. The van der Waals surface area contributed by atoms with E-state index in [4.69, 9.17) is 14.2 Å². The van der Waals surface area contributed by atoms with Gasteiger partial charge in [0.05, 0.1) is 0 Å². The minimum absolute atomic E-state index is 0.508. The van der Waals surface area contributed by atoms with E-state index in [1.54, 1.807) is 0 Å². The first-order chi connectivity index (χ1) is 10.0. The zero-order valence-corrected chi connectivity index (χ0v) is 13.0. The Morgan fingerprint density at radius 2 is 1.90 bits per heavy atom. The highest BCUT2D eigenvalue weighted by Crippen LogP contribution is 2.38. The number of aryl methyl sites for hydroxylation is 1. The van der Waals surface area contributed by atoms with Gasteiger partial charge in [0.1, 0.15) is 11.5 Å². The number of rotatable bonds is 5. The van der Waals surface area contributed by atoms with E-state index in [2.05, 4.69) is 0 Å². The molecule has 4 heteroatoms. The molecular formula is C17H22O4. The van der Waals surface area contributed by atoms with Crippen molar-refractivity contribution in [2.45, 2.75) is 52.2 Å². The second-order valence-corrected chi connectivity index (χ2v) is 5.23. The van der Waals surface area contributed by atoms with Gasteiger partial charge in [-0.3, -0.25) is 0 Å². The second kappa shape index (κ2) is 6.20. The van der Waals surface area contributed by atoms with Crippen LogP contribution in [-0.4, -0.2) is 17.9 Å². The number of hydrogen-bond acceptors (Lipinski definition) is 4. The van der Waals surface area contributed by atoms with Gasteiger partial charge in [0.25, 0.3) is 0 Å². The van der Waals surface area contributed by atoms with Gasteiger partial charge in [-0.15, -0.1) is 0 Å². The van der Waals surface area contributed by atoms with Crippen molar-refractivity contribution in [3.8, 4) is 5.75 Å². The fraction of sp³-hybridized carbons (Fsp3) is 0.471. The van der Waals surface area contributed by atoms with Crippen LogP contribution >= 0.6 is 0 Å². The Balaban J connectivity index is 2.24. The molecule has 1 fully saturated rings. The number of ether oxygens (including phenoxy) is 3. The molecule has 1 atom stereocenters. The number of hydrogen-bond donors (Lipinski definition) is 0. The standard InChI is InChI=1S/C17H22O4/c1-5-14(19-13-10-8-12(4)9-11-13)15-17(6-2,7-3)21-16(18)20-15/h5,8-11,15H,6-7H2,1-4H3/b14-5-/t15-/m1/s1. The van der Waals surface area contributed by atoms with Crippen molar-refractivity contribution in [1.82, 2.24) is 0 Å². The molecule has 1 heterocycles. The van der Waals surface area contributed by atoms with Gasteiger partial charge in [0.15, 0.2) is 5.60 Å². The smallest absolute Gasteiger partial charge is 0.458 e. The molecule has 1 aromatic carbocycles. The summed E-state index contributed by atoms with van der Waals surface area (Å²) in [6.45, 7) is 7.85. The van der Waals surface area contributed by atoms with Gasteiger partial charge < -0.3 is 14.2 Å². The number of cyclic esters (lactones) is 2. The maximum atomic E-state index is 11.6. The van der Waals surface area contributed by atoms with E-state index in [1.165, 1.54) is 0 Å². The molecule has 1 saturated heterocycles. The van der Waals surface area contributed by atoms with E-state index in [-0.39, 0.29) is 0 Å². The third-order valence-electron chi connectivity index (χ3n) is 3.98. The molecule has 0 aliphatic carbocycles. The molecule has 0 bridgehead atoms. The first kappa shape index (κ1) is 15.4. The van der Waals surface area contributed by atoms with Crippen LogP contribution in [0.1, 0.15) is 39.2 Å². The van der Waals surface area contributed by atoms with E-state index < -0.39 is 17.9 Å². The summed E-state index contributed by atoms with van der Waals surface area (Å²) in [6.07, 6.45) is 2.04. The Morgan fingerprint density at radius 3 is 2.43 bits per heavy atom. The van der Waals surface area contributed by atoms with Gasteiger partial charge in [-0.25, -0.2) is 4.79 Å². The van der Waals surface area contributed by atoms with E-state index in [1.807, 2.05) is 58.0 Å². The van der Waals surface area contributed by atoms with Gasteiger partial charge in [0, 0.05) is 0 Å². The van der Waals surface area contributed by atoms with E-state index in [0.717, 1.165) is 11.3 Å². The number of carbonyl (C=O) groups excluding carboxylic acids is 1. The topological polar surface area (TPSA) is 44.8 Å². The summed E-state index contributed by atoms with van der Waals surface area (Å²) in [7, 11) is 0. The monoisotopic (exact) mass is 290 g/mol.